The molecule has 0 spiro atoms. The summed E-state index contributed by atoms with van der Waals surface area (Å²) in [5.41, 5.74) is 1.03. The summed E-state index contributed by atoms with van der Waals surface area (Å²) < 4.78 is 7.23. The fraction of sp³-hybridized carbons (Fsp3) is 0.0714. The fourth-order valence-electron chi connectivity index (χ4n) is 2.05. The molecule has 0 unspecified atom stereocenters. The Hall–Kier alpha value is -2.20. The van der Waals surface area contributed by atoms with Crippen LogP contribution in [0.15, 0.2) is 47.0 Å². The Bertz CT molecular complexity index is 757. The number of hydrogen-bond donors (Lipinski definition) is 1. The highest BCUT2D eigenvalue weighted by molar-refractivity contribution is 6.31. The van der Waals surface area contributed by atoms with Gasteiger partial charge >= 0.3 is 5.97 Å². The number of fused-ring (bicyclic) bond motifs is 1. The Kier molecular flexibility index (Phi) is 2.80. The SMILES string of the molecule is O=C(O)c1ccc(Cn2ccc3cc(Cl)ccc32)o1. The van der Waals surface area contributed by atoms with Crippen LogP contribution in [0.25, 0.3) is 10.9 Å². The zero-order chi connectivity index (χ0) is 13.4. The highest BCUT2D eigenvalue weighted by atomic mass is 35.5. The number of halogens is 1. The van der Waals surface area contributed by atoms with Crippen molar-refractivity contribution >= 4 is 28.5 Å². The molecule has 0 aliphatic heterocycles. The molecule has 3 rings (SSSR count). The van der Waals surface area contributed by atoms with Crippen molar-refractivity contribution in [3.8, 4) is 0 Å². The van der Waals surface area contributed by atoms with E-state index >= 15 is 0 Å². The summed E-state index contributed by atoms with van der Waals surface area (Å²) in [6.07, 6.45) is 1.92. The van der Waals surface area contributed by atoms with E-state index in [1.807, 2.05) is 35.0 Å². The van der Waals surface area contributed by atoms with E-state index in [9.17, 15) is 4.79 Å². The van der Waals surface area contributed by atoms with E-state index in [1.54, 1.807) is 6.07 Å². The molecule has 0 atom stereocenters. The number of benzene rings is 1. The van der Waals surface area contributed by atoms with Crippen molar-refractivity contribution in [2.75, 3.05) is 0 Å². The van der Waals surface area contributed by atoms with E-state index in [1.165, 1.54) is 6.07 Å². The highest BCUT2D eigenvalue weighted by Crippen LogP contribution is 2.21. The van der Waals surface area contributed by atoms with E-state index < -0.39 is 5.97 Å². The number of hydrogen-bond acceptors (Lipinski definition) is 2. The summed E-state index contributed by atoms with van der Waals surface area (Å²) in [6, 6.07) is 10.7. The molecule has 0 amide bonds. The van der Waals surface area contributed by atoms with E-state index in [-0.39, 0.29) is 5.76 Å². The van der Waals surface area contributed by atoms with Gasteiger partial charge in [0.25, 0.3) is 0 Å². The molecule has 2 heterocycles. The number of carboxylic acid groups (broad SMARTS) is 1. The average molecular weight is 276 g/mol. The van der Waals surface area contributed by atoms with Crippen molar-refractivity contribution in [2.24, 2.45) is 0 Å². The van der Waals surface area contributed by atoms with Gasteiger partial charge < -0.3 is 14.1 Å². The summed E-state index contributed by atoms with van der Waals surface area (Å²) in [7, 11) is 0. The van der Waals surface area contributed by atoms with Crippen molar-refractivity contribution in [2.45, 2.75) is 6.54 Å². The first-order valence-corrected chi connectivity index (χ1v) is 6.08. The Balaban J connectivity index is 1.94. The zero-order valence-corrected chi connectivity index (χ0v) is 10.6. The summed E-state index contributed by atoms with van der Waals surface area (Å²) >= 11 is 5.93. The summed E-state index contributed by atoms with van der Waals surface area (Å²) in [5.74, 6) is -0.505. The molecule has 4 nitrogen and oxygen atoms in total. The zero-order valence-electron chi connectivity index (χ0n) is 9.84. The predicted molar refractivity (Wildman–Crippen MR) is 71.7 cm³/mol. The molecule has 0 aliphatic rings. The second kappa shape index (κ2) is 4.48. The molecule has 0 bridgehead atoms. The van der Waals surface area contributed by atoms with E-state index in [2.05, 4.69) is 0 Å². The molecule has 1 aromatic carbocycles. The third-order valence-electron chi connectivity index (χ3n) is 2.93. The second-order valence-corrected chi connectivity index (χ2v) is 4.65. The third kappa shape index (κ3) is 2.22. The van der Waals surface area contributed by atoms with Crippen LogP contribution in [0.1, 0.15) is 16.3 Å². The van der Waals surface area contributed by atoms with Crippen molar-refractivity contribution in [1.82, 2.24) is 4.57 Å². The monoisotopic (exact) mass is 275 g/mol. The molecule has 0 radical (unpaired) electrons. The first-order valence-electron chi connectivity index (χ1n) is 5.70. The molecule has 0 fully saturated rings. The van der Waals surface area contributed by atoms with Crippen molar-refractivity contribution in [3.63, 3.8) is 0 Å². The van der Waals surface area contributed by atoms with E-state index in [0.717, 1.165) is 10.9 Å². The lowest BCUT2D eigenvalue weighted by Gasteiger charge is -2.02. The van der Waals surface area contributed by atoms with Gasteiger partial charge in [0.2, 0.25) is 5.76 Å². The quantitative estimate of drug-likeness (QED) is 0.794. The van der Waals surface area contributed by atoms with Gasteiger partial charge in [0, 0.05) is 22.1 Å². The second-order valence-electron chi connectivity index (χ2n) is 4.22. The number of carbonyl (C=O) groups is 1. The third-order valence-corrected chi connectivity index (χ3v) is 3.17. The van der Waals surface area contributed by atoms with Gasteiger partial charge in [0.05, 0.1) is 6.54 Å². The molecular formula is C14H10ClNO3. The number of furan rings is 1. The van der Waals surface area contributed by atoms with Crippen molar-refractivity contribution in [3.05, 3.63) is 59.1 Å². The van der Waals surface area contributed by atoms with Crippen LogP contribution in [-0.4, -0.2) is 15.6 Å². The number of carboxylic acids is 1. The van der Waals surface area contributed by atoms with Crippen LogP contribution < -0.4 is 0 Å². The van der Waals surface area contributed by atoms with Crippen LogP contribution in [-0.2, 0) is 6.54 Å². The molecule has 96 valence electrons. The van der Waals surface area contributed by atoms with Gasteiger partial charge in [0.1, 0.15) is 5.76 Å². The largest absolute Gasteiger partial charge is 0.475 e. The normalized spacial score (nSPS) is 11.0. The van der Waals surface area contributed by atoms with Gasteiger partial charge in [0.15, 0.2) is 0 Å². The lowest BCUT2D eigenvalue weighted by molar-refractivity contribution is 0.0660. The Morgan fingerprint density at radius 3 is 2.84 bits per heavy atom. The van der Waals surface area contributed by atoms with Crippen LogP contribution in [0.4, 0.5) is 0 Å². The van der Waals surface area contributed by atoms with Gasteiger partial charge in [-0.1, -0.05) is 11.6 Å². The van der Waals surface area contributed by atoms with Crippen LogP contribution in [0.2, 0.25) is 5.02 Å². The molecule has 2 aromatic heterocycles. The Morgan fingerprint density at radius 2 is 2.11 bits per heavy atom. The minimum Gasteiger partial charge on any atom is -0.475 e. The molecule has 0 saturated heterocycles. The lowest BCUT2D eigenvalue weighted by Crippen LogP contribution is -1.97. The fourth-order valence-corrected chi connectivity index (χ4v) is 2.24. The minimum atomic E-state index is -1.06. The smallest absolute Gasteiger partial charge is 0.371 e. The van der Waals surface area contributed by atoms with Gasteiger partial charge in [-0.3, -0.25) is 0 Å². The van der Waals surface area contributed by atoms with Gasteiger partial charge in [-0.05, 0) is 36.4 Å². The maximum atomic E-state index is 10.8. The lowest BCUT2D eigenvalue weighted by atomic mass is 10.2. The molecule has 0 aliphatic carbocycles. The van der Waals surface area contributed by atoms with Crippen LogP contribution in [0, 0.1) is 0 Å². The standard InChI is InChI=1S/C14H10ClNO3/c15-10-1-3-12-9(7-10)5-6-16(12)8-11-2-4-13(19-11)14(17)18/h1-7H,8H2,(H,17,18). The molecule has 3 aromatic rings. The van der Waals surface area contributed by atoms with E-state index in [0.29, 0.717) is 17.3 Å². The topological polar surface area (TPSA) is 55.4 Å². The minimum absolute atomic E-state index is 0.0468. The average Bonchev–Trinajstić information content (AvgIpc) is 2.97. The molecule has 0 saturated carbocycles. The maximum Gasteiger partial charge on any atom is 0.371 e. The first-order chi connectivity index (χ1) is 9.13. The number of rotatable bonds is 3. The Labute approximate surface area is 113 Å². The molecule has 1 N–H and O–H groups in total. The Morgan fingerprint density at radius 1 is 1.26 bits per heavy atom. The highest BCUT2D eigenvalue weighted by Gasteiger charge is 2.10. The number of aromatic nitrogens is 1. The molecule has 19 heavy (non-hydrogen) atoms. The molecule has 5 heteroatoms. The summed E-state index contributed by atoms with van der Waals surface area (Å²) in [4.78, 5) is 10.8. The van der Waals surface area contributed by atoms with Crippen LogP contribution in [0.5, 0.6) is 0 Å². The number of aromatic carboxylic acids is 1. The predicted octanol–water partition coefficient (Wildman–Crippen LogP) is 3.63. The van der Waals surface area contributed by atoms with Gasteiger partial charge in [-0.25, -0.2) is 4.79 Å². The van der Waals surface area contributed by atoms with Gasteiger partial charge in [-0.2, -0.15) is 0 Å². The van der Waals surface area contributed by atoms with Crippen LogP contribution >= 0.6 is 11.6 Å². The van der Waals surface area contributed by atoms with Crippen molar-refractivity contribution < 1.29 is 14.3 Å². The van der Waals surface area contributed by atoms with Crippen LogP contribution in [0.3, 0.4) is 0 Å². The summed E-state index contributed by atoms with van der Waals surface area (Å²) in [5, 5.41) is 10.5. The van der Waals surface area contributed by atoms with E-state index in [4.69, 9.17) is 21.1 Å². The van der Waals surface area contributed by atoms with Crippen molar-refractivity contribution in [1.29, 1.82) is 0 Å². The number of nitrogens with zero attached hydrogens (tertiary/aromatic N) is 1. The van der Waals surface area contributed by atoms with Gasteiger partial charge in [-0.15, -0.1) is 0 Å². The molecular weight excluding hydrogens is 266 g/mol. The first kappa shape index (κ1) is 11.9. The summed E-state index contributed by atoms with van der Waals surface area (Å²) in [6.45, 7) is 0.485. The maximum absolute atomic E-state index is 10.8.